The molecule has 0 amide bonds. The largest absolute Gasteiger partial charge is 0.311 e. The van der Waals surface area contributed by atoms with Crippen LogP contribution >= 0.6 is 0 Å². The van der Waals surface area contributed by atoms with Crippen molar-refractivity contribution in [3.05, 3.63) is 132 Å². The molecule has 4 nitrogen and oxygen atoms in total. The Kier molecular flexibility index (Phi) is 5.42. The minimum absolute atomic E-state index is 0.183. The van der Waals surface area contributed by atoms with E-state index < -0.39 is 10.0 Å². The number of rotatable bonds is 3. The zero-order chi connectivity index (χ0) is 26.6. The summed E-state index contributed by atoms with van der Waals surface area (Å²) in [6, 6.07) is 39.8. The molecular weight excluding hydrogens is 500 g/mol. The molecule has 39 heavy (non-hydrogen) atoms. The van der Waals surface area contributed by atoms with E-state index in [4.69, 9.17) is 0 Å². The van der Waals surface area contributed by atoms with Gasteiger partial charge in [-0.05, 0) is 59.7 Å². The average molecular weight is 527 g/mol. The number of aromatic nitrogens is 1. The van der Waals surface area contributed by atoms with Crippen molar-refractivity contribution in [1.82, 2.24) is 4.57 Å². The fraction of sp³-hybridized carbons (Fsp3) is 0.0588. The molecule has 1 aliphatic rings. The van der Waals surface area contributed by atoms with E-state index in [1.165, 1.54) is 0 Å². The molecule has 0 N–H and O–H groups in total. The van der Waals surface area contributed by atoms with Crippen molar-refractivity contribution < 1.29 is 8.42 Å². The van der Waals surface area contributed by atoms with Gasteiger partial charge in [0.05, 0.1) is 28.3 Å². The van der Waals surface area contributed by atoms with Crippen LogP contribution in [0.4, 0.5) is 5.69 Å². The lowest BCUT2D eigenvalue weighted by Crippen LogP contribution is -2.32. The third-order valence-electron chi connectivity index (χ3n) is 7.48. The minimum Gasteiger partial charge on any atom is -0.311 e. The number of anilines is 1. The number of hydrogen-bond donors (Lipinski definition) is 0. The van der Waals surface area contributed by atoms with E-state index in [0.717, 1.165) is 49.8 Å². The molecule has 0 spiro atoms. The molecule has 0 fully saturated rings. The third-order valence-corrected chi connectivity index (χ3v) is 9.25. The van der Waals surface area contributed by atoms with Gasteiger partial charge in [0.1, 0.15) is 0 Å². The van der Waals surface area contributed by atoms with Gasteiger partial charge in [-0.3, -0.25) is 4.31 Å². The Morgan fingerprint density at radius 2 is 1.41 bits per heavy atom. The fourth-order valence-corrected chi connectivity index (χ4v) is 7.04. The van der Waals surface area contributed by atoms with Crippen molar-refractivity contribution in [3.63, 3.8) is 0 Å². The summed E-state index contributed by atoms with van der Waals surface area (Å²) in [7, 11) is -3.88. The van der Waals surface area contributed by atoms with E-state index in [0.29, 0.717) is 5.69 Å². The first-order valence-corrected chi connectivity index (χ1v) is 14.4. The Morgan fingerprint density at radius 1 is 0.718 bits per heavy atom. The van der Waals surface area contributed by atoms with Gasteiger partial charge >= 0.3 is 0 Å². The molecule has 0 bridgehead atoms. The van der Waals surface area contributed by atoms with Gasteiger partial charge in [-0.25, -0.2) is 8.42 Å². The van der Waals surface area contributed by atoms with E-state index in [2.05, 4.69) is 41.0 Å². The van der Waals surface area contributed by atoms with Gasteiger partial charge < -0.3 is 4.57 Å². The van der Waals surface area contributed by atoms with Crippen LogP contribution in [0.2, 0.25) is 0 Å². The highest BCUT2D eigenvalue weighted by Crippen LogP contribution is 2.46. The molecule has 6 aromatic rings. The number of fused-ring (bicyclic) bond motifs is 7. The Bertz CT molecular complexity index is 2000. The molecule has 5 heteroatoms. The van der Waals surface area contributed by atoms with Gasteiger partial charge in [0.2, 0.25) is 0 Å². The number of hydrogen-bond acceptors (Lipinski definition) is 2. The van der Waals surface area contributed by atoms with Crippen molar-refractivity contribution in [2.45, 2.75) is 11.8 Å². The van der Waals surface area contributed by atoms with Crippen LogP contribution in [-0.4, -0.2) is 19.5 Å². The highest BCUT2D eigenvalue weighted by Gasteiger charge is 2.33. The highest BCUT2D eigenvalue weighted by molar-refractivity contribution is 7.92. The zero-order valence-electron chi connectivity index (χ0n) is 21.5. The first-order chi connectivity index (χ1) is 19.0. The topological polar surface area (TPSA) is 42.3 Å². The highest BCUT2D eigenvalue weighted by atomic mass is 32.2. The lowest BCUT2D eigenvalue weighted by molar-refractivity contribution is 0.593. The Labute approximate surface area is 228 Å². The molecule has 1 aliphatic heterocycles. The summed E-state index contributed by atoms with van der Waals surface area (Å²) in [5, 5.41) is 3.19. The molecule has 0 saturated heterocycles. The second kappa shape index (κ2) is 9.00. The smallest absolute Gasteiger partial charge is 0.264 e. The van der Waals surface area contributed by atoms with E-state index in [-0.39, 0.29) is 11.4 Å². The van der Waals surface area contributed by atoms with Gasteiger partial charge in [-0.2, -0.15) is 0 Å². The van der Waals surface area contributed by atoms with Crippen LogP contribution < -0.4 is 4.31 Å². The summed E-state index contributed by atoms with van der Waals surface area (Å²) >= 11 is 0. The molecule has 2 heterocycles. The standard InChI is InChI=1S/C34H26N2O2S/c1-24-15-18-29(19-16-24)39(37,38)35-23-28(21-25-9-3-2-4-10-25)36-31-14-8-6-12-27(31)22-33(36)34-30-13-7-5-11-26(30)17-20-32(34)35/h2-22H,23H2,1H3. The predicted molar refractivity (Wildman–Crippen MR) is 161 cm³/mol. The summed E-state index contributed by atoms with van der Waals surface area (Å²) in [5.74, 6) is 0. The number of aryl methyl sites for hydroxylation is 1. The average Bonchev–Trinajstić information content (AvgIpc) is 3.28. The monoisotopic (exact) mass is 526 g/mol. The van der Waals surface area contributed by atoms with Crippen molar-refractivity contribution >= 4 is 49.2 Å². The van der Waals surface area contributed by atoms with Crippen molar-refractivity contribution in [2.24, 2.45) is 0 Å². The summed E-state index contributed by atoms with van der Waals surface area (Å²) in [6.45, 7) is 2.14. The number of benzene rings is 5. The van der Waals surface area contributed by atoms with Crippen LogP contribution in [0.15, 0.2) is 126 Å². The SMILES string of the molecule is Cc1ccc(S(=O)(=O)N2CC(=Cc3ccccc3)n3c(cc4ccccc43)-c3c2ccc2ccccc32)cc1. The molecule has 5 aromatic carbocycles. The van der Waals surface area contributed by atoms with Crippen LogP contribution in [0, 0.1) is 6.92 Å². The van der Waals surface area contributed by atoms with E-state index in [1.54, 1.807) is 16.4 Å². The minimum atomic E-state index is -3.88. The van der Waals surface area contributed by atoms with Crippen LogP contribution in [0.1, 0.15) is 11.1 Å². The van der Waals surface area contributed by atoms with E-state index in [9.17, 15) is 8.42 Å². The second-order valence-corrected chi connectivity index (χ2v) is 11.8. The molecule has 0 unspecified atom stereocenters. The van der Waals surface area contributed by atoms with Gasteiger partial charge in [0.25, 0.3) is 10.0 Å². The van der Waals surface area contributed by atoms with Crippen molar-refractivity contribution in [2.75, 3.05) is 10.8 Å². The lowest BCUT2D eigenvalue weighted by atomic mass is 10.00. The normalized spacial score (nSPS) is 14.4. The molecule has 0 atom stereocenters. The summed E-state index contributed by atoms with van der Waals surface area (Å²) in [6.07, 6.45) is 2.10. The number of sulfonamides is 1. The Balaban J connectivity index is 1.59. The first-order valence-electron chi connectivity index (χ1n) is 13.0. The number of para-hydroxylation sites is 1. The maximum Gasteiger partial charge on any atom is 0.264 e. The molecule has 190 valence electrons. The molecule has 1 aromatic heterocycles. The van der Waals surface area contributed by atoms with Gasteiger partial charge in [0.15, 0.2) is 0 Å². The predicted octanol–water partition coefficient (Wildman–Crippen LogP) is 7.98. The van der Waals surface area contributed by atoms with Crippen molar-refractivity contribution in [1.29, 1.82) is 0 Å². The fourth-order valence-electron chi connectivity index (χ4n) is 5.59. The van der Waals surface area contributed by atoms with Crippen LogP contribution in [0.3, 0.4) is 0 Å². The molecule has 0 aliphatic carbocycles. The molecule has 0 radical (unpaired) electrons. The lowest BCUT2D eigenvalue weighted by Gasteiger charge is -2.26. The maximum atomic E-state index is 14.4. The molecule has 0 saturated carbocycles. The zero-order valence-corrected chi connectivity index (χ0v) is 22.3. The van der Waals surface area contributed by atoms with Crippen LogP contribution in [0.5, 0.6) is 0 Å². The Morgan fingerprint density at radius 3 is 2.21 bits per heavy atom. The Hall–Kier alpha value is -4.61. The van der Waals surface area contributed by atoms with E-state index >= 15 is 0 Å². The summed E-state index contributed by atoms with van der Waals surface area (Å²) in [5.41, 5.74) is 6.53. The number of nitrogens with zero attached hydrogens (tertiary/aromatic N) is 2. The van der Waals surface area contributed by atoms with Gasteiger partial charge in [0, 0.05) is 16.6 Å². The third kappa shape index (κ3) is 3.85. The van der Waals surface area contributed by atoms with Crippen LogP contribution in [0.25, 0.3) is 44.7 Å². The van der Waals surface area contributed by atoms with E-state index in [1.807, 2.05) is 85.8 Å². The molecule has 7 rings (SSSR count). The molecular formula is C34H26N2O2S. The van der Waals surface area contributed by atoms with Gasteiger partial charge in [-0.15, -0.1) is 0 Å². The summed E-state index contributed by atoms with van der Waals surface area (Å²) in [4.78, 5) is 0.280. The first kappa shape index (κ1) is 23.5. The van der Waals surface area contributed by atoms with Gasteiger partial charge in [-0.1, -0.05) is 96.6 Å². The summed E-state index contributed by atoms with van der Waals surface area (Å²) < 4.78 is 32.6. The quantitative estimate of drug-likeness (QED) is 0.235. The second-order valence-electron chi connectivity index (χ2n) is 9.98. The maximum absolute atomic E-state index is 14.4. The van der Waals surface area contributed by atoms with Crippen LogP contribution in [-0.2, 0) is 10.0 Å². The van der Waals surface area contributed by atoms with Crippen molar-refractivity contribution in [3.8, 4) is 11.3 Å².